The van der Waals surface area contributed by atoms with Gasteiger partial charge in [-0.1, -0.05) is 63.9 Å². The average molecular weight is 331 g/mol. The number of aromatic nitrogens is 1. The number of hydrogen-bond donors (Lipinski definition) is 1. The maximum absolute atomic E-state index is 6.12. The third-order valence-electron chi connectivity index (χ3n) is 3.51. The minimum Gasteiger partial charge on any atom is -0.354 e. The SMILES string of the molecule is Clc1cc(Br)c2c(c1)[nH]c1c3ccccc3ccc12. The summed E-state index contributed by atoms with van der Waals surface area (Å²) in [5.74, 6) is 0. The molecule has 0 radical (unpaired) electrons. The highest BCUT2D eigenvalue weighted by Crippen LogP contribution is 2.36. The van der Waals surface area contributed by atoms with E-state index in [1.807, 2.05) is 12.1 Å². The summed E-state index contributed by atoms with van der Waals surface area (Å²) in [5, 5.41) is 5.61. The molecular formula is C16H9BrClN. The van der Waals surface area contributed by atoms with Gasteiger partial charge in [0.1, 0.15) is 0 Å². The molecule has 1 aromatic heterocycles. The molecule has 0 unspecified atom stereocenters. The van der Waals surface area contributed by atoms with Gasteiger partial charge in [-0.15, -0.1) is 0 Å². The number of hydrogen-bond acceptors (Lipinski definition) is 0. The van der Waals surface area contributed by atoms with Gasteiger partial charge in [-0.05, 0) is 17.5 Å². The average Bonchev–Trinajstić information content (AvgIpc) is 2.77. The van der Waals surface area contributed by atoms with Crippen molar-refractivity contribution in [3.8, 4) is 0 Å². The van der Waals surface area contributed by atoms with E-state index < -0.39 is 0 Å². The third kappa shape index (κ3) is 1.60. The molecule has 1 N–H and O–H groups in total. The van der Waals surface area contributed by atoms with Crippen LogP contribution in [0.4, 0.5) is 0 Å². The molecule has 4 rings (SSSR count). The van der Waals surface area contributed by atoms with E-state index in [2.05, 4.69) is 57.3 Å². The number of H-pyrrole nitrogens is 1. The summed E-state index contributed by atoms with van der Waals surface area (Å²) in [6.45, 7) is 0. The van der Waals surface area contributed by atoms with E-state index in [0.717, 1.165) is 20.5 Å². The molecule has 0 atom stereocenters. The first-order valence-electron chi connectivity index (χ1n) is 6.02. The molecule has 0 spiro atoms. The van der Waals surface area contributed by atoms with E-state index in [4.69, 9.17) is 11.6 Å². The van der Waals surface area contributed by atoms with Gasteiger partial charge < -0.3 is 4.98 Å². The summed E-state index contributed by atoms with van der Waals surface area (Å²) in [6.07, 6.45) is 0. The lowest BCUT2D eigenvalue weighted by Crippen LogP contribution is -1.74. The number of rotatable bonds is 0. The molecule has 92 valence electrons. The number of halogens is 2. The molecule has 3 heteroatoms. The van der Waals surface area contributed by atoms with Gasteiger partial charge in [-0.2, -0.15) is 0 Å². The van der Waals surface area contributed by atoms with Crippen LogP contribution in [0.5, 0.6) is 0 Å². The zero-order valence-electron chi connectivity index (χ0n) is 9.87. The zero-order chi connectivity index (χ0) is 13.0. The molecule has 3 aromatic carbocycles. The monoisotopic (exact) mass is 329 g/mol. The lowest BCUT2D eigenvalue weighted by molar-refractivity contribution is 1.56. The Hall–Kier alpha value is -1.51. The Bertz CT molecular complexity index is 940. The Morgan fingerprint density at radius 1 is 0.947 bits per heavy atom. The van der Waals surface area contributed by atoms with Crippen LogP contribution in [0.3, 0.4) is 0 Å². The van der Waals surface area contributed by atoms with Crippen LogP contribution in [0.15, 0.2) is 53.0 Å². The topological polar surface area (TPSA) is 15.8 Å². The van der Waals surface area contributed by atoms with Crippen LogP contribution in [0.1, 0.15) is 0 Å². The molecule has 0 saturated heterocycles. The van der Waals surface area contributed by atoms with Gasteiger partial charge in [0.15, 0.2) is 0 Å². The summed E-state index contributed by atoms with van der Waals surface area (Å²) in [5.41, 5.74) is 2.22. The highest BCUT2D eigenvalue weighted by Gasteiger charge is 2.10. The second-order valence-corrected chi connectivity index (χ2v) is 5.94. The van der Waals surface area contributed by atoms with Crippen LogP contribution < -0.4 is 0 Å². The summed E-state index contributed by atoms with van der Waals surface area (Å²) in [4.78, 5) is 3.49. The van der Waals surface area contributed by atoms with Crippen LogP contribution in [0.25, 0.3) is 32.6 Å². The zero-order valence-corrected chi connectivity index (χ0v) is 12.2. The Morgan fingerprint density at radius 3 is 2.68 bits per heavy atom. The molecule has 1 heterocycles. The molecule has 1 nitrogen and oxygen atoms in total. The standard InChI is InChI=1S/C16H9BrClN/c17-13-7-10(18)8-14-15(13)12-6-5-9-3-1-2-4-11(9)16(12)19-14/h1-8,19H. The molecule has 0 aliphatic heterocycles. The van der Waals surface area contributed by atoms with E-state index in [1.54, 1.807) is 0 Å². The second kappa shape index (κ2) is 3.99. The van der Waals surface area contributed by atoms with Gasteiger partial charge >= 0.3 is 0 Å². The van der Waals surface area contributed by atoms with E-state index >= 15 is 0 Å². The second-order valence-electron chi connectivity index (χ2n) is 4.64. The fourth-order valence-electron chi connectivity index (χ4n) is 2.70. The smallest absolute Gasteiger partial charge is 0.0544 e. The Balaban J connectivity index is 2.31. The van der Waals surface area contributed by atoms with Crippen molar-refractivity contribution in [2.24, 2.45) is 0 Å². The number of benzene rings is 3. The lowest BCUT2D eigenvalue weighted by atomic mass is 10.1. The van der Waals surface area contributed by atoms with E-state index in [0.29, 0.717) is 0 Å². The summed E-state index contributed by atoms with van der Waals surface area (Å²) >= 11 is 9.73. The molecular weight excluding hydrogens is 322 g/mol. The number of fused-ring (bicyclic) bond motifs is 5. The van der Waals surface area contributed by atoms with Crippen molar-refractivity contribution < 1.29 is 0 Å². The van der Waals surface area contributed by atoms with Crippen LogP contribution in [-0.2, 0) is 0 Å². The van der Waals surface area contributed by atoms with E-state index in [9.17, 15) is 0 Å². The van der Waals surface area contributed by atoms with Gasteiger partial charge in [0.05, 0.1) is 5.52 Å². The molecule has 0 aliphatic rings. The van der Waals surface area contributed by atoms with Gasteiger partial charge in [-0.3, -0.25) is 0 Å². The lowest BCUT2D eigenvalue weighted by Gasteiger charge is -1.99. The highest BCUT2D eigenvalue weighted by molar-refractivity contribution is 9.10. The molecule has 0 saturated carbocycles. The maximum atomic E-state index is 6.12. The van der Waals surface area contributed by atoms with Crippen LogP contribution >= 0.6 is 27.5 Å². The minimum absolute atomic E-state index is 0.732. The van der Waals surface area contributed by atoms with Crippen LogP contribution in [0.2, 0.25) is 5.02 Å². The van der Waals surface area contributed by atoms with Crippen molar-refractivity contribution in [3.05, 3.63) is 58.0 Å². The van der Waals surface area contributed by atoms with Crippen LogP contribution in [-0.4, -0.2) is 4.98 Å². The summed E-state index contributed by atoms with van der Waals surface area (Å²) in [6, 6.07) is 16.6. The predicted molar refractivity (Wildman–Crippen MR) is 86.0 cm³/mol. The van der Waals surface area contributed by atoms with E-state index in [-0.39, 0.29) is 0 Å². The van der Waals surface area contributed by atoms with Gasteiger partial charge in [0.2, 0.25) is 0 Å². The Kier molecular flexibility index (Phi) is 2.38. The molecule has 19 heavy (non-hydrogen) atoms. The van der Waals surface area contributed by atoms with Crippen LogP contribution in [0, 0.1) is 0 Å². The van der Waals surface area contributed by atoms with Crippen molar-refractivity contribution in [1.82, 2.24) is 4.98 Å². The molecule has 4 aromatic rings. The van der Waals surface area contributed by atoms with Crippen molar-refractivity contribution in [3.63, 3.8) is 0 Å². The van der Waals surface area contributed by atoms with Gasteiger partial charge in [-0.25, -0.2) is 0 Å². The normalized spacial score (nSPS) is 11.7. The largest absolute Gasteiger partial charge is 0.354 e. The fraction of sp³-hybridized carbons (Fsp3) is 0. The third-order valence-corrected chi connectivity index (χ3v) is 4.36. The summed E-state index contributed by atoms with van der Waals surface area (Å²) < 4.78 is 1.02. The molecule has 0 amide bonds. The molecule has 0 fully saturated rings. The maximum Gasteiger partial charge on any atom is 0.0544 e. The number of nitrogens with one attached hydrogen (secondary N) is 1. The summed E-state index contributed by atoms with van der Waals surface area (Å²) in [7, 11) is 0. The van der Waals surface area contributed by atoms with Gasteiger partial charge in [0.25, 0.3) is 0 Å². The van der Waals surface area contributed by atoms with E-state index in [1.165, 1.54) is 21.5 Å². The van der Waals surface area contributed by atoms with Crippen molar-refractivity contribution >= 4 is 60.1 Å². The van der Waals surface area contributed by atoms with Gasteiger partial charge in [0, 0.05) is 31.2 Å². The molecule has 0 aliphatic carbocycles. The first-order valence-corrected chi connectivity index (χ1v) is 7.19. The fourth-order valence-corrected chi connectivity index (χ4v) is 3.72. The quantitative estimate of drug-likeness (QED) is 0.414. The molecule has 0 bridgehead atoms. The minimum atomic E-state index is 0.732. The van der Waals surface area contributed by atoms with Crippen molar-refractivity contribution in [2.45, 2.75) is 0 Å². The van der Waals surface area contributed by atoms with Crippen molar-refractivity contribution in [1.29, 1.82) is 0 Å². The Labute approximate surface area is 123 Å². The highest BCUT2D eigenvalue weighted by atomic mass is 79.9. The number of aromatic amines is 1. The Morgan fingerprint density at radius 2 is 1.79 bits per heavy atom. The first kappa shape index (κ1) is 11.3. The van der Waals surface area contributed by atoms with Crippen molar-refractivity contribution in [2.75, 3.05) is 0 Å². The predicted octanol–water partition coefficient (Wildman–Crippen LogP) is 5.89. The first-order chi connectivity index (χ1) is 9.24.